The van der Waals surface area contributed by atoms with Crippen LogP contribution in [0.4, 0.5) is 4.39 Å². The van der Waals surface area contributed by atoms with E-state index >= 15 is 0 Å². The molecular formula is C15H15FN4O2. The molecule has 0 bridgehead atoms. The molecule has 0 fully saturated rings. The van der Waals surface area contributed by atoms with Crippen LogP contribution >= 0.6 is 0 Å². The van der Waals surface area contributed by atoms with Crippen molar-refractivity contribution < 1.29 is 4.39 Å². The Labute approximate surface area is 125 Å². The van der Waals surface area contributed by atoms with Crippen molar-refractivity contribution in [2.75, 3.05) is 0 Å². The lowest BCUT2D eigenvalue weighted by molar-refractivity contribution is 0.611. The van der Waals surface area contributed by atoms with Gasteiger partial charge in [0.05, 0.1) is 23.0 Å². The summed E-state index contributed by atoms with van der Waals surface area (Å²) in [4.78, 5) is 34.0. The fourth-order valence-corrected chi connectivity index (χ4v) is 2.02. The summed E-state index contributed by atoms with van der Waals surface area (Å²) in [6.07, 6.45) is 3.16. The number of fused-ring (bicyclic) bond motifs is 1. The third-order valence-corrected chi connectivity index (χ3v) is 3.30. The first-order valence-electron chi connectivity index (χ1n) is 6.52. The Balaban J connectivity index is 3.04. The van der Waals surface area contributed by atoms with Gasteiger partial charge in [-0.2, -0.15) is 0 Å². The highest BCUT2D eigenvalue weighted by atomic mass is 19.1. The molecule has 114 valence electrons. The monoisotopic (exact) mass is 302 g/mol. The topological polar surface area (TPSA) is 80.1 Å². The summed E-state index contributed by atoms with van der Waals surface area (Å²) in [6, 6.07) is 1.07. The highest BCUT2D eigenvalue weighted by molar-refractivity contribution is 5.80. The van der Waals surface area contributed by atoms with Gasteiger partial charge < -0.3 is 0 Å². The third-order valence-electron chi connectivity index (χ3n) is 3.30. The van der Waals surface area contributed by atoms with Crippen LogP contribution in [-0.4, -0.2) is 21.3 Å². The zero-order valence-corrected chi connectivity index (χ0v) is 12.5. The predicted molar refractivity (Wildman–Crippen MR) is 84.6 cm³/mol. The summed E-state index contributed by atoms with van der Waals surface area (Å²) < 4.78 is 14.9. The summed E-state index contributed by atoms with van der Waals surface area (Å²) in [5.41, 5.74) is -0.0632. The van der Waals surface area contributed by atoms with E-state index in [4.69, 9.17) is 0 Å². The van der Waals surface area contributed by atoms with Gasteiger partial charge in [0.15, 0.2) is 5.65 Å². The van der Waals surface area contributed by atoms with E-state index in [2.05, 4.69) is 21.7 Å². The van der Waals surface area contributed by atoms with Crippen LogP contribution in [0.3, 0.4) is 0 Å². The summed E-state index contributed by atoms with van der Waals surface area (Å²) >= 11 is 0. The molecule has 6 nitrogen and oxygen atoms in total. The van der Waals surface area contributed by atoms with Gasteiger partial charge in [-0.25, -0.2) is 18.7 Å². The minimum atomic E-state index is -0.688. The Hall–Kier alpha value is -2.83. The third kappa shape index (κ3) is 2.52. The van der Waals surface area contributed by atoms with Gasteiger partial charge in [-0.15, -0.1) is 0 Å². The lowest BCUT2D eigenvalue weighted by Crippen LogP contribution is -2.31. The normalized spacial score (nSPS) is 12.7. The first-order chi connectivity index (χ1) is 10.4. The van der Waals surface area contributed by atoms with E-state index < -0.39 is 17.1 Å². The van der Waals surface area contributed by atoms with Gasteiger partial charge in [0, 0.05) is 0 Å². The number of nitrogens with zero attached hydrogens (tertiary/aromatic N) is 3. The highest BCUT2D eigenvalue weighted by Gasteiger charge is 2.15. The van der Waals surface area contributed by atoms with Crippen LogP contribution in [0.1, 0.15) is 19.5 Å². The molecule has 0 atom stereocenters. The van der Waals surface area contributed by atoms with Crippen LogP contribution in [0, 0.1) is 12.7 Å². The Morgan fingerprint density at radius 2 is 2.18 bits per heavy atom. The molecule has 0 aromatic carbocycles. The van der Waals surface area contributed by atoms with Crippen LogP contribution in [0.5, 0.6) is 0 Å². The fraction of sp³-hybridized carbons (Fsp3) is 0.200. The van der Waals surface area contributed by atoms with Gasteiger partial charge in [0.1, 0.15) is 5.82 Å². The summed E-state index contributed by atoms with van der Waals surface area (Å²) in [5.74, 6) is -0.613. The van der Waals surface area contributed by atoms with Crippen molar-refractivity contribution in [3.63, 3.8) is 0 Å². The number of rotatable bonds is 3. The molecule has 0 saturated carbocycles. The Morgan fingerprint density at radius 1 is 1.50 bits per heavy atom. The molecule has 22 heavy (non-hydrogen) atoms. The number of halogens is 1. The number of nitrogens with one attached hydrogen (secondary N) is 1. The number of hydrogen-bond donors (Lipinski definition) is 1. The van der Waals surface area contributed by atoms with E-state index in [1.54, 1.807) is 19.9 Å². The average Bonchev–Trinajstić information content (AvgIpc) is 2.47. The van der Waals surface area contributed by atoms with Crippen LogP contribution < -0.4 is 11.2 Å². The maximum absolute atomic E-state index is 13.7. The van der Waals surface area contributed by atoms with E-state index in [0.29, 0.717) is 5.70 Å². The van der Waals surface area contributed by atoms with Gasteiger partial charge in [-0.1, -0.05) is 6.08 Å². The van der Waals surface area contributed by atoms with E-state index in [-0.39, 0.29) is 16.7 Å². The average molecular weight is 302 g/mol. The lowest BCUT2D eigenvalue weighted by Gasteiger charge is -2.13. The molecule has 0 amide bonds. The van der Waals surface area contributed by atoms with Crippen molar-refractivity contribution in [3.05, 3.63) is 56.3 Å². The van der Waals surface area contributed by atoms with E-state index in [0.717, 1.165) is 11.6 Å². The van der Waals surface area contributed by atoms with Crippen LogP contribution in [0.25, 0.3) is 16.7 Å². The van der Waals surface area contributed by atoms with Crippen molar-refractivity contribution >= 4 is 23.4 Å². The van der Waals surface area contributed by atoms with Crippen LogP contribution in [-0.2, 0) is 0 Å². The summed E-state index contributed by atoms with van der Waals surface area (Å²) in [7, 11) is 0. The Kier molecular flexibility index (Phi) is 4.16. The number of hydrogen-bond acceptors (Lipinski definition) is 4. The second-order valence-corrected chi connectivity index (χ2v) is 4.69. The van der Waals surface area contributed by atoms with Gasteiger partial charge in [0.25, 0.3) is 5.56 Å². The minimum Gasteiger partial charge on any atom is -0.273 e. The van der Waals surface area contributed by atoms with Gasteiger partial charge in [-0.3, -0.25) is 14.8 Å². The first kappa shape index (κ1) is 15.6. The number of aromatic amines is 1. The molecule has 0 unspecified atom stereocenters. The molecule has 0 aliphatic carbocycles. The Bertz CT molecular complexity index is 935. The quantitative estimate of drug-likeness (QED) is 0.695. The summed E-state index contributed by atoms with van der Waals surface area (Å²) in [5, 5.41) is -0.0124. The standard InChI is InChI=1S/C15H15FN4O2/c1-5-8(2)12(7-17-4)20-13-10(14(21)19-15(20)22)6-11(16)9(3)18-13/h5-7H,4H2,1-3H3,(H,19,21,22)/b8-5-,12-7?. The molecule has 7 heteroatoms. The van der Waals surface area contributed by atoms with Crippen LogP contribution in [0.2, 0.25) is 0 Å². The number of aryl methyl sites for hydroxylation is 1. The molecule has 0 aliphatic heterocycles. The SMILES string of the molecule is C=NC=C(/C(C)=C\C)n1c(=O)[nH]c(=O)c2cc(F)c(C)nc21. The van der Waals surface area contributed by atoms with Gasteiger partial charge >= 0.3 is 5.69 Å². The van der Waals surface area contributed by atoms with Gasteiger partial charge in [-0.05, 0) is 39.1 Å². The van der Waals surface area contributed by atoms with E-state index in [1.807, 2.05) is 0 Å². The number of pyridine rings is 1. The zero-order valence-electron chi connectivity index (χ0n) is 12.5. The highest BCUT2D eigenvalue weighted by Crippen LogP contribution is 2.19. The Morgan fingerprint density at radius 3 is 2.77 bits per heavy atom. The van der Waals surface area contributed by atoms with Crippen molar-refractivity contribution in [3.8, 4) is 0 Å². The molecule has 0 radical (unpaired) electrons. The molecule has 0 aliphatic rings. The number of allylic oxidation sites excluding steroid dienone is 3. The second-order valence-electron chi connectivity index (χ2n) is 4.69. The fourth-order valence-electron chi connectivity index (χ4n) is 2.02. The molecule has 1 N–H and O–H groups in total. The number of H-pyrrole nitrogens is 1. The molecule has 0 spiro atoms. The molecule has 0 saturated heterocycles. The maximum Gasteiger partial charge on any atom is 0.334 e. The number of aromatic nitrogens is 3. The minimum absolute atomic E-state index is 0.0124. The zero-order chi connectivity index (χ0) is 16.4. The smallest absolute Gasteiger partial charge is 0.273 e. The molecule has 2 heterocycles. The van der Waals surface area contributed by atoms with Crippen molar-refractivity contribution in [1.82, 2.24) is 14.5 Å². The van der Waals surface area contributed by atoms with Gasteiger partial charge in [0.2, 0.25) is 0 Å². The number of aliphatic imine (C=N–C) groups is 1. The lowest BCUT2D eigenvalue weighted by atomic mass is 10.2. The maximum atomic E-state index is 13.7. The van der Waals surface area contributed by atoms with Crippen molar-refractivity contribution in [1.29, 1.82) is 0 Å². The molecular weight excluding hydrogens is 287 g/mol. The van der Waals surface area contributed by atoms with Crippen molar-refractivity contribution in [2.45, 2.75) is 20.8 Å². The largest absolute Gasteiger partial charge is 0.334 e. The van der Waals surface area contributed by atoms with Crippen molar-refractivity contribution in [2.24, 2.45) is 4.99 Å². The summed E-state index contributed by atoms with van der Waals surface area (Å²) in [6.45, 7) is 8.41. The van der Waals surface area contributed by atoms with Crippen LogP contribution in [0.15, 0.2) is 38.5 Å². The first-order valence-corrected chi connectivity index (χ1v) is 6.52. The van der Waals surface area contributed by atoms with E-state index in [9.17, 15) is 14.0 Å². The predicted octanol–water partition coefficient (Wildman–Crippen LogP) is 2.00. The molecule has 2 rings (SSSR count). The second kappa shape index (κ2) is 5.88. The molecule has 2 aromatic heterocycles. The molecule has 2 aromatic rings. The van der Waals surface area contributed by atoms with E-state index in [1.165, 1.54) is 17.7 Å².